The van der Waals surface area contributed by atoms with Crippen LogP contribution in [-0.4, -0.2) is 97.4 Å². The van der Waals surface area contributed by atoms with Gasteiger partial charge in [0.05, 0.1) is 12.6 Å². The smallest absolute Gasteiger partial charge is 0.475 e. The van der Waals surface area contributed by atoms with Crippen LogP contribution in [0.15, 0.2) is 12.2 Å². The van der Waals surface area contributed by atoms with E-state index in [0.29, 0.717) is 58.2 Å². The minimum atomic E-state index is -5.08. The molecule has 1 rings (SSSR count). The average Bonchev–Trinajstić information content (AvgIpc) is 3.30. The molecule has 0 saturated heterocycles. The van der Waals surface area contributed by atoms with Crippen molar-refractivity contribution in [3.63, 3.8) is 0 Å². The minimum absolute atomic E-state index is 0.0823. The first kappa shape index (κ1) is 45.4. The fraction of sp³-hybridized carbons (Fsp3) is 0.719. The summed E-state index contributed by atoms with van der Waals surface area (Å²) < 4.78 is 37.2. The SMILES string of the molecule is CC(C)[C@H](NC(=O)CCCCCN1C(=O)C=CC1=O)C(=O)C[C@@H](C)C(=O)N[C@@H](CCCCN)C(=O)OCC[Si](C)(C)C.O=C(O)C(F)(F)F. The van der Waals surface area contributed by atoms with Gasteiger partial charge in [-0.25, -0.2) is 9.59 Å². The van der Waals surface area contributed by atoms with Crippen molar-refractivity contribution in [2.75, 3.05) is 19.7 Å². The number of hydrogen-bond acceptors (Lipinski definition) is 9. The number of rotatable bonds is 21. The van der Waals surface area contributed by atoms with Gasteiger partial charge in [0.2, 0.25) is 11.8 Å². The number of aliphatic carboxylic acids is 1. The van der Waals surface area contributed by atoms with E-state index in [1.165, 1.54) is 17.1 Å². The lowest BCUT2D eigenvalue weighted by atomic mass is 9.92. The van der Waals surface area contributed by atoms with Gasteiger partial charge in [-0.15, -0.1) is 0 Å². The number of nitrogens with two attached hydrogens (primary N) is 1. The van der Waals surface area contributed by atoms with Gasteiger partial charge < -0.3 is 26.2 Å². The Kier molecular flexibility index (Phi) is 20.5. The lowest BCUT2D eigenvalue weighted by Gasteiger charge is -2.24. The van der Waals surface area contributed by atoms with Crippen LogP contribution < -0.4 is 16.4 Å². The largest absolute Gasteiger partial charge is 0.490 e. The van der Waals surface area contributed by atoms with Crippen molar-refractivity contribution in [3.05, 3.63) is 12.2 Å². The molecular weight excluding hydrogens is 669 g/mol. The number of nitrogens with one attached hydrogen (secondary N) is 2. The van der Waals surface area contributed by atoms with Gasteiger partial charge in [0, 0.05) is 45.5 Å². The first-order valence-corrected chi connectivity index (χ1v) is 20.1. The lowest BCUT2D eigenvalue weighted by molar-refractivity contribution is -0.192. The highest BCUT2D eigenvalue weighted by Crippen LogP contribution is 2.15. The summed E-state index contributed by atoms with van der Waals surface area (Å²) in [6.45, 7) is 13.0. The highest BCUT2D eigenvalue weighted by Gasteiger charge is 2.38. The van der Waals surface area contributed by atoms with E-state index in [0.717, 1.165) is 6.04 Å². The summed E-state index contributed by atoms with van der Waals surface area (Å²) in [5, 5.41) is 12.7. The van der Waals surface area contributed by atoms with Crippen molar-refractivity contribution in [1.29, 1.82) is 0 Å². The maximum atomic E-state index is 13.1. The number of imide groups is 1. The Morgan fingerprint density at radius 3 is 2.00 bits per heavy atom. The molecule has 13 nitrogen and oxygen atoms in total. The van der Waals surface area contributed by atoms with Crippen LogP contribution in [0.4, 0.5) is 13.2 Å². The van der Waals surface area contributed by atoms with Gasteiger partial charge in [-0.2, -0.15) is 13.2 Å². The molecule has 0 radical (unpaired) electrons. The Morgan fingerprint density at radius 2 is 1.51 bits per heavy atom. The molecule has 280 valence electrons. The molecule has 3 atom stereocenters. The normalized spacial score (nSPS) is 14.9. The number of esters is 1. The average molecular weight is 723 g/mol. The van der Waals surface area contributed by atoms with Crippen molar-refractivity contribution in [1.82, 2.24) is 15.5 Å². The number of halogens is 3. The highest BCUT2D eigenvalue weighted by molar-refractivity contribution is 6.76. The monoisotopic (exact) mass is 722 g/mol. The second-order valence-electron chi connectivity index (χ2n) is 13.5. The lowest BCUT2D eigenvalue weighted by Crippen LogP contribution is -2.47. The van der Waals surface area contributed by atoms with Crippen molar-refractivity contribution in [2.24, 2.45) is 17.6 Å². The van der Waals surface area contributed by atoms with Gasteiger partial charge in [-0.3, -0.25) is 28.9 Å². The molecule has 0 aromatic rings. The summed E-state index contributed by atoms with van der Waals surface area (Å²) in [5.41, 5.74) is 5.59. The molecule has 1 heterocycles. The number of carbonyl (C=O) groups is 7. The highest BCUT2D eigenvalue weighted by atomic mass is 28.3. The topological polar surface area (TPSA) is 202 Å². The number of ketones is 1. The standard InChI is InChI=1S/C30H52N4O7Si.C2HF3O2/c1-21(2)28(33-25(36)13-8-7-11-17-34-26(37)14-15-27(34)38)24(35)20-22(3)29(39)32-23(12-9-10-16-31)30(40)41-18-19-42(4,5)6;3-2(4,5)1(6)7/h14-15,21-23,28H,7-13,16-20,31H2,1-6H3,(H,32,39)(H,33,36);(H,6,7)/t22-,23+,28+;/m1./s1. The number of carbonyl (C=O) groups excluding carboxylic acids is 6. The first-order chi connectivity index (χ1) is 22.6. The van der Waals surface area contributed by atoms with E-state index >= 15 is 0 Å². The molecule has 4 amide bonds. The Balaban J connectivity index is 0.00000295. The molecule has 0 aliphatic carbocycles. The molecule has 0 saturated carbocycles. The maximum Gasteiger partial charge on any atom is 0.490 e. The molecule has 5 N–H and O–H groups in total. The number of nitrogens with zero attached hydrogens (tertiary/aromatic N) is 1. The summed E-state index contributed by atoms with van der Waals surface area (Å²) in [4.78, 5) is 84.7. The summed E-state index contributed by atoms with van der Waals surface area (Å²) >= 11 is 0. The van der Waals surface area contributed by atoms with E-state index in [2.05, 4.69) is 30.3 Å². The Morgan fingerprint density at radius 1 is 0.939 bits per heavy atom. The third kappa shape index (κ3) is 19.9. The van der Waals surface area contributed by atoms with Crippen LogP contribution in [0, 0.1) is 11.8 Å². The number of amides is 4. The summed E-state index contributed by atoms with van der Waals surface area (Å²) in [7, 11) is -1.39. The van der Waals surface area contributed by atoms with E-state index < -0.39 is 50.1 Å². The number of alkyl halides is 3. The minimum Gasteiger partial charge on any atom is -0.475 e. The fourth-order valence-corrected chi connectivity index (χ4v) is 5.10. The number of unbranched alkanes of at least 4 members (excludes halogenated alkanes) is 3. The zero-order chi connectivity index (χ0) is 37.9. The van der Waals surface area contributed by atoms with Crippen molar-refractivity contribution < 1.29 is 56.6 Å². The molecule has 0 aromatic carbocycles. The Hall–Kier alpha value is -3.60. The number of Topliss-reactive ketones (excluding diaryl/α,β-unsaturated/α-hetero) is 1. The molecular formula is C32H53F3N4O9Si. The van der Waals surface area contributed by atoms with Crippen LogP contribution in [0.25, 0.3) is 0 Å². The molecule has 0 fully saturated rings. The predicted octanol–water partition coefficient (Wildman–Crippen LogP) is 3.34. The molecule has 1 aliphatic heterocycles. The number of carboxylic acids is 1. The zero-order valence-electron chi connectivity index (χ0n) is 29.3. The van der Waals surface area contributed by atoms with Crippen molar-refractivity contribution in [2.45, 2.75) is 116 Å². The van der Waals surface area contributed by atoms with Gasteiger partial charge in [0.1, 0.15) is 6.04 Å². The number of hydrogen-bond donors (Lipinski definition) is 4. The van der Waals surface area contributed by atoms with Gasteiger partial charge in [-0.1, -0.05) is 46.8 Å². The molecule has 1 aliphatic rings. The van der Waals surface area contributed by atoms with Crippen LogP contribution in [-0.2, 0) is 38.3 Å². The van der Waals surface area contributed by atoms with Gasteiger partial charge in [0.25, 0.3) is 11.8 Å². The second kappa shape index (κ2) is 22.2. The third-order valence-corrected chi connectivity index (χ3v) is 9.06. The van der Waals surface area contributed by atoms with Crippen LogP contribution in [0.3, 0.4) is 0 Å². The first-order valence-electron chi connectivity index (χ1n) is 16.4. The summed E-state index contributed by atoms with van der Waals surface area (Å²) in [5.74, 6) is -5.69. The van der Waals surface area contributed by atoms with Crippen molar-refractivity contribution >= 4 is 49.4 Å². The van der Waals surface area contributed by atoms with E-state index in [1.54, 1.807) is 6.92 Å². The number of carboxylic acid groups (broad SMARTS) is 1. The van der Waals surface area contributed by atoms with Crippen molar-refractivity contribution in [3.8, 4) is 0 Å². The van der Waals surface area contributed by atoms with E-state index in [9.17, 15) is 41.9 Å². The van der Waals surface area contributed by atoms with Gasteiger partial charge >= 0.3 is 18.1 Å². The third-order valence-electron chi connectivity index (χ3n) is 7.36. The summed E-state index contributed by atoms with van der Waals surface area (Å²) in [6.07, 6.45) is 1.09. The fourth-order valence-electron chi connectivity index (χ4n) is 4.38. The van der Waals surface area contributed by atoms with E-state index in [-0.39, 0.29) is 42.3 Å². The van der Waals surface area contributed by atoms with Gasteiger partial charge in [0.15, 0.2) is 5.78 Å². The second-order valence-corrected chi connectivity index (χ2v) is 19.1. The van der Waals surface area contributed by atoms with E-state index in [4.69, 9.17) is 20.4 Å². The Bertz CT molecular complexity index is 1160. The van der Waals surface area contributed by atoms with Crippen LogP contribution >= 0.6 is 0 Å². The zero-order valence-corrected chi connectivity index (χ0v) is 30.3. The molecule has 49 heavy (non-hydrogen) atoms. The molecule has 17 heteroatoms. The molecule has 0 bridgehead atoms. The predicted molar refractivity (Wildman–Crippen MR) is 178 cm³/mol. The quantitative estimate of drug-likeness (QED) is 0.0589. The van der Waals surface area contributed by atoms with Gasteiger partial charge in [-0.05, 0) is 50.6 Å². The molecule has 0 unspecified atom stereocenters. The summed E-state index contributed by atoms with van der Waals surface area (Å²) in [6, 6.07) is -0.722. The molecule has 0 aromatic heterocycles. The van der Waals surface area contributed by atoms with Crippen LogP contribution in [0.1, 0.15) is 72.1 Å². The van der Waals surface area contributed by atoms with Crippen LogP contribution in [0.5, 0.6) is 0 Å². The molecule has 0 spiro atoms. The maximum absolute atomic E-state index is 13.1. The Labute approximate surface area is 286 Å². The van der Waals surface area contributed by atoms with E-state index in [1.807, 2.05) is 13.8 Å². The number of ether oxygens (including phenoxy) is 1. The van der Waals surface area contributed by atoms with Crippen LogP contribution in [0.2, 0.25) is 25.7 Å².